The lowest BCUT2D eigenvalue weighted by Crippen LogP contribution is -2.11. The maximum Gasteiger partial charge on any atom is 0.253 e. The highest BCUT2D eigenvalue weighted by atomic mass is 35.5. The highest BCUT2D eigenvalue weighted by molar-refractivity contribution is 6.34. The van der Waals surface area contributed by atoms with Crippen LogP contribution in [0.4, 0.5) is 17.5 Å². The molecule has 140 valence electrons. The van der Waals surface area contributed by atoms with Crippen LogP contribution in [0.1, 0.15) is 37.0 Å². The molecule has 3 rings (SSSR count). The molecule has 1 aromatic carbocycles. The number of primary amides is 1. The predicted octanol–water partition coefficient (Wildman–Crippen LogP) is 2.90. The largest absolute Gasteiger partial charge is 0.420 e. The number of benzene rings is 1. The molecule has 2 aromatic heterocycles. The molecule has 0 fully saturated rings. The third-order valence-corrected chi connectivity index (χ3v) is 3.92. The number of carbonyl (C=O) groups is 1. The van der Waals surface area contributed by atoms with E-state index in [0.29, 0.717) is 17.1 Å². The SMILES string of the molecule is CC(C)(C)c1nnc(-c2cnc(Nc3ccc(C(N)=O)c(Cl)c3)nc2N)o1. The van der Waals surface area contributed by atoms with E-state index in [1.807, 2.05) is 20.8 Å². The maximum absolute atomic E-state index is 11.2. The summed E-state index contributed by atoms with van der Waals surface area (Å²) < 4.78 is 5.66. The molecule has 0 aliphatic heterocycles. The quantitative estimate of drug-likeness (QED) is 0.619. The zero-order valence-electron chi connectivity index (χ0n) is 14.9. The summed E-state index contributed by atoms with van der Waals surface area (Å²) in [6.45, 7) is 5.89. The van der Waals surface area contributed by atoms with Crippen molar-refractivity contribution in [2.45, 2.75) is 26.2 Å². The highest BCUT2D eigenvalue weighted by Crippen LogP contribution is 2.28. The Hall–Kier alpha value is -3.20. The van der Waals surface area contributed by atoms with Gasteiger partial charge in [-0.3, -0.25) is 4.79 Å². The molecule has 0 radical (unpaired) electrons. The summed E-state index contributed by atoms with van der Waals surface area (Å²) in [6.07, 6.45) is 1.49. The van der Waals surface area contributed by atoms with Gasteiger partial charge >= 0.3 is 0 Å². The van der Waals surface area contributed by atoms with Crippen LogP contribution in [-0.2, 0) is 5.41 Å². The molecule has 0 spiro atoms. The Morgan fingerprint density at radius 2 is 2.00 bits per heavy atom. The first-order valence-electron chi connectivity index (χ1n) is 7.98. The van der Waals surface area contributed by atoms with Crippen LogP contribution in [0.2, 0.25) is 5.02 Å². The molecule has 5 N–H and O–H groups in total. The van der Waals surface area contributed by atoms with Crippen LogP contribution < -0.4 is 16.8 Å². The molecule has 0 aliphatic rings. The molecular formula is C17H18ClN7O2. The third-order valence-electron chi connectivity index (χ3n) is 3.61. The number of nitrogens with two attached hydrogens (primary N) is 2. The van der Waals surface area contributed by atoms with Gasteiger partial charge in [-0.15, -0.1) is 10.2 Å². The number of nitrogen functional groups attached to an aromatic ring is 1. The summed E-state index contributed by atoms with van der Waals surface area (Å²) in [5, 5.41) is 11.2. The molecule has 1 amide bonds. The van der Waals surface area contributed by atoms with Crippen molar-refractivity contribution >= 4 is 35.0 Å². The second kappa shape index (κ2) is 6.84. The summed E-state index contributed by atoms with van der Waals surface area (Å²) in [4.78, 5) is 19.6. The van der Waals surface area contributed by atoms with Crippen molar-refractivity contribution in [1.82, 2.24) is 20.2 Å². The van der Waals surface area contributed by atoms with E-state index in [1.54, 1.807) is 12.1 Å². The molecule has 9 nitrogen and oxygen atoms in total. The van der Waals surface area contributed by atoms with Crippen LogP contribution in [0.25, 0.3) is 11.5 Å². The van der Waals surface area contributed by atoms with Crippen LogP contribution in [0.5, 0.6) is 0 Å². The van der Waals surface area contributed by atoms with Gasteiger partial charge in [0, 0.05) is 17.3 Å². The van der Waals surface area contributed by atoms with Crippen molar-refractivity contribution in [1.29, 1.82) is 0 Å². The lowest BCUT2D eigenvalue weighted by Gasteiger charge is -2.11. The summed E-state index contributed by atoms with van der Waals surface area (Å²) in [5.74, 6) is 0.554. The van der Waals surface area contributed by atoms with Crippen LogP contribution in [-0.4, -0.2) is 26.1 Å². The number of hydrogen-bond donors (Lipinski definition) is 3. The number of carbonyl (C=O) groups excluding carboxylic acids is 1. The molecule has 0 atom stereocenters. The first-order valence-corrected chi connectivity index (χ1v) is 8.36. The zero-order chi connectivity index (χ0) is 19.8. The first-order chi connectivity index (χ1) is 12.6. The van der Waals surface area contributed by atoms with Gasteiger partial charge in [0.25, 0.3) is 5.89 Å². The van der Waals surface area contributed by atoms with Gasteiger partial charge in [0.2, 0.25) is 17.7 Å². The minimum absolute atomic E-state index is 0.177. The minimum Gasteiger partial charge on any atom is -0.420 e. The average molecular weight is 388 g/mol. The smallest absolute Gasteiger partial charge is 0.253 e. The minimum atomic E-state index is -0.606. The number of hydrogen-bond acceptors (Lipinski definition) is 8. The van der Waals surface area contributed by atoms with E-state index in [0.717, 1.165) is 0 Å². The Labute approximate surface area is 160 Å². The number of rotatable bonds is 4. The molecule has 0 bridgehead atoms. The molecule has 0 aliphatic carbocycles. The summed E-state index contributed by atoms with van der Waals surface area (Å²) in [7, 11) is 0. The third kappa shape index (κ3) is 3.98. The fourth-order valence-electron chi connectivity index (χ4n) is 2.18. The molecule has 27 heavy (non-hydrogen) atoms. The van der Waals surface area contributed by atoms with Crippen LogP contribution in [0, 0.1) is 0 Å². The van der Waals surface area contributed by atoms with Gasteiger partial charge in [0.1, 0.15) is 5.82 Å². The van der Waals surface area contributed by atoms with Gasteiger partial charge in [-0.1, -0.05) is 32.4 Å². The normalized spacial score (nSPS) is 11.4. The van der Waals surface area contributed by atoms with Crippen molar-refractivity contribution < 1.29 is 9.21 Å². The van der Waals surface area contributed by atoms with Gasteiger partial charge < -0.3 is 21.2 Å². The number of aromatic nitrogens is 4. The van der Waals surface area contributed by atoms with Crippen molar-refractivity contribution in [3.8, 4) is 11.5 Å². The van der Waals surface area contributed by atoms with Crippen molar-refractivity contribution in [2.75, 3.05) is 11.1 Å². The Bertz CT molecular complexity index is 1010. The first kappa shape index (κ1) is 18.6. The average Bonchev–Trinajstić information content (AvgIpc) is 3.04. The van der Waals surface area contributed by atoms with E-state index in [4.69, 9.17) is 27.5 Å². The maximum atomic E-state index is 11.2. The molecule has 0 saturated heterocycles. The molecule has 2 heterocycles. The Morgan fingerprint density at radius 3 is 2.56 bits per heavy atom. The lowest BCUT2D eigenvalue weighted by atomic mass is 9.97. The van der Waals surface area contributed by atoms with E-state index in [-0.39, 0.29) is 33.7 Å². The second-order valence-corrected chi connectivity index (χ2v) is 7.25. The van der Waals surface area contributed by atoms with Crippen molar-refractivity contribution in [3.05, 3.63) is 40.9 Å². The van der Waals surface area contributed by atoms with Gasteiger partial charge in [-0.2, -0.15) is 4.98 Å². The van der Waals surface area contributed by atoms with Gasteiger partial charge in [0.15, 0.2) is 0 Å². The number of amides is 1. The van der Waals surface area contributed by atoms with Crippen molar-refractivity contribution in [2.24, 2.45) is 5.73 Å². The Kier molecular flexibility index (Phi) is 4.71. The second-order valence-electron chi connectivity index (χ2n) is 6.84. The Balaban J connectivity index is 1.84. The van der Waals surface area contributed by atoms with Crippen molar-refractivity contribution in [3.63, 3.8) is 0 Å². The fraction of sp³-hybridized carbons (Fsp3) is 0.235. The van der Waals surface area contributed by atoms with E-state index in [1.165, 1.54) is 12.3 Å². The number of halogens is 1. The molecule has 3 aromatic rings. The monoisotopic (exact) mass is 387 g/mol. The van der Waals surface area contributed by atoms with Crippen LogP contribution >= 0.6 is 11.6 Å². The summed E-state index contributed by atoms with van der Waals surface area (Å²) in [5.41, 5.74) is 12.2. The standard InChI is InChI=1S/C17H18ClN7O2/c1-17(2,3)15-25-24-14(27-15)10-7-21-16(23-12(10)19)22-8-4-5-9(13(20)26)11(18)6-8/h4-7H,1-3H3,(H2,20,26)(H3,19,21,22,23). The molecular weight excluding hydrogens is 370 g/mol. The van der Waals surface area contributed by atoms with E-state index in [2.05, 4.69) is 25.5 Å². The lowest BCUT2D eigenvalue weighted by molar-refractivity contribution is 0.100. The summed E-state index contributed by atoms with van der Waals surface area (Å²) >= 11 is 6.03. The number of anilines is 3. The molecule has 10 heteroatoms. The summed E-state index contributed by atoms with van der Waals surface area (Å²) in [6, 6.07) is 4.69. The number of nitrogens with one attached hydrogen (secondary N) is 1. The predicted molar refractivity (Wildman–Crippen MR) is 102 cm³/mol. The zero-order valence-corrected chi connectivity index (χ0v) is 15.7. The van der Waals surface area contributed by atoms with E-state index >= 15 is 0 Å². The van der Waals surface area contributed by atoms with Gasteiger partial charge in [-0.05, 0) is 18.2 Å². The molecule has 0 saturated carbocycles. The van der Waals surface area contributed by atoms with E-state index < -0.39 is 5.91 Å². The van der Waals surface area contributed by atoms with Crippen LogP contribution in [0.15, 0.2) is 28.8 Å². The topological polar surface area (TPSA) is 146 Å². The van der Waals surface area contributed by atoms with Crippen LogP contribution in [0.3, 0.4) is 0 Å². The molecule has 0 unspecified atom stereocenters. The highest BCUT2D eigenvalue weighted by Gasteiger charge is 2.23. The Morgan fingerprint density at radius 1 is 1.26 bits per heavy atom. The van der Waals surface area contributed by atoms with E-state index in [9.17, 15) is 4.79 Å². The van der Waals surface area contributed by atoms with Gasteiger partial charge in [-0.25, -0.2) is 4.98 Å². The number of nitrogens with zero attached hydrogens (tertiary/aromatic N) is 4. The fourth-order valence-corrected chi connectivity index (χ4v) is 2.45. The van der Waals surface area contributed by atoms with Gasteiger partial charge in [0.05, 0.1) is 16.1 Å².